The van der Waals surface area contributed by atoms with Crippen LogP contribution in [-0.2, 0) is 16.2 Å². The minimum Gasteiger partial charge on any atom is -0.341 e. The summed E-state index contributed by atoms with van der Waals surface area (Å²) in [5.41, 5.74) is 4.60. The molecule has 0 bridgehead atoms. The van der Waals surface area contributed by atoms with Gasteiger partial charge < -0.3 is 4.90 Å². The monoisotopic (exact) mass is 545 g/mol. The van der Waals surface area contributed by atoms with E-state index in [1.54, 1.807) is 4.90 Å². The van der Waals surface area contributed by atoms with Gasteiger partial charge in [-0.05, 0) is 31.1 Å². The second kappa shape index (κ2) is 11.0. The number of hydroxylamine groups is 1. The summed E-state index contributed by atoms with van der Waals surface area (Å²) >= 11 is 1.52. The van der Waals surface area contributed by atoms with Crippen molar-refractivity contribution in [3.8, 4) is 12.3 Å². The number of aromatic nitrogens is 3. The van der Waals surface area contributed by atoms with Crippen LogP contribution in [0.4, 0.5) is 17.6 Å². The van der Waals surface area contributed by atoms with Crippen LogP contribution in [0.5, 0.6) is 0 Å². The number of terminal acetylenes is 1. The lowest BCUT2D eigenvalue weighted by Gasteiger charge is -2.31. The van der Waals surface area contributed by atoms with Crippen molar-refractivity contribution < 1.29 is 27.2 Å². The average Bonchev–Trinajstić information content (AvgIpc) is 3.68. The summed E-state index contributed by atoms with van der Waals surface area (Å²) in [5, 5.41) is 6.37. The Kier molecular flexibility index (Phi) is 7.49. The number of amides is 1. The fourth-order valence-corrected chi connectivity index (χ4v) is 5.57. The normalized spacial score (nSPS) is 18.1. The Hall–Kier alpha value is -3.69. The summed E-state index contributed by atoms with van der Waals surface area (Å²) in [6, 6.07) is 8.19. The Morgan fingerprint density at radius 1 is 1.21 bits per heavy atom. The van der Waals surface area contributed by atoms with E-state index in [9.17, 15) is 22.4 Å². The van der Waals surface area contributed by atoms with E-state index in [1.807, 2.05) is 35.7 Å². The molecule has 1 unspecified atom stereocenters. The smallest absolute Gasteiger partial charge is 0.282 e. The molecule has 3 aromatic rings. The standard InChI is InChI=1S/C26H23F4N5O2S/c1-2-15-5-3-4-6-17(15)22-12-18(33-37-22)20-14-38-26(31-20)16-7-9-34(10-8-16)23(36)13-35-21(25(29)30)11-19(32-35)24(27)28/h1,3-6,11-12,14,16,22,24-25,33H,7-10,13H2. The molecule has 5 rings (SSSR count). The second-order valence-corrected chi connectivity index (χ2v) is 9.82. The molecule has 2 aromatic heterocycles. The molecule has 2 aliphatic rings. The zero-order chi connectivity index (χ0) is 26.8. The number of carbonyl (C=O) groups is 1. The van der Waals surface area contributed by atoms with Gasteiger partial charge in [0.25, 0.3) is 12.9 Å². The molecule has 0 aliphatic carbocycles. The molecule has 0 spiro atoms. The molecule has 1 saturated heterocycles. The molecular formula is C26H23F4N5O2S. The topological polar surface area (TPSA) is 72.3 Å². The van der Waals surface area contributed by atoms with E-state index in [-0.39, 0.29) is 12.0 Å². The highest BCUT2D eigenvalue weighted by atomic mass is 32.1. The Balaban J connectivity index is 1.20. The molecule has 2 aliphatic heterocycles. The van der Waals surface area contributed by atoms with Crippen LogP contribution in [0.1, 0.15) is 70.9 Å². The maximum absolute atomic E-state index is 13.2. The van der Waals surface area contributed by atoms with Crippen molar-refractivity contribution in [1.82, 2.24) is 25.1 Å². The molecule has 38 heavy (non-hydrogen) atoms. The molecule has 0 radical (unpaired) electrons. The summed E-state index contributed by atoms with van der Waals surface area (Å²) in [6.07, 6.45) is 2.48. The van der Waals surface area contributed by atoms with Gasteiger partial charge in [-0.2, -0.15) is 5.10 Å². The third-order valence-corrected chi connectivity index (χ3v) is 7.60. The lowest BCUT2D eigenvalue weighted by atomic mass is 9.97. The van der Waals surface area contributed by atoms with Gasteiger partial charge in [0.15, 0.2) is 0 Å². The van der Waals surface area contributed by atoms with Crippen molar-refractivity contribution in [3.63, 3.8) is 0 Å². The van der Waals surface area contributed by atoms with Crippen molar-refractivity contribution in [1.29, 1.82) is 0 Å². The molecule has 1 N–H and O–H groups in total. The Bertz CT molecular complexity index is 1390. The minimum absolute atomic E-state index is 0.130. The number of nitrogens with one attached hydrogen (secondary N) is 1. The third-order valence-electron chi connectivity index (χ3n) is 6.59. The highest BCUT2D eigenvalue weighted by molar-refractivity contribution is 7.09. The number of likely N-dealkylation sites (tertiary alicyclic amines) is 1. The summed E-state index contributed by atoms with van der Waals surface area (Å²) in [5.74, 6) is 2.36. The maximum atomic E-state index is 13.2. The van der Waals surface area contributed by atoms with Gasteiger partial charge in [0.2, 0.25) is 5.91 Å². The number of benzene rings is 1. The van der Waals surface area contributed by atoms with Gasteiger partial charge in [-0.1, -0.05) is 24.1 Å². The number of nitrogens with zero attached hydrogens (tertiary/aromatic N) is 4. The van der Waals surface area contributed by atoms with Gasteiger partial charge in [-0.25, -0.2) is 22.5 Å². The fraction of sp³-hybridized carbons (Fsp3) is 0.346. The van der Waals surface area contributed by atoms with Gasteiger partial charge in [-0.15, -0.1) is 17.8 Å². The predicted molar refractivity (Wildman–Crippen MR) is 132 cm³/mol. The Labute approximate surface area is 220 Å². The Morgan fingerprint density at radius 2 is 1.97 bits per heavy atom. The van der Waals surface area contributed by atoms with Gasteiger partial charge in [0.1, 0.15) is 24.0 Å². The van der Waals surface area contributed by atoms with Gasteiger partial charge in [0.05, 0.1) is 16.4 Å². The van der Waals surface area contributed by atoms with Gasteiger partial charge in [0, 0.05) is 35.5 Å². The van der Waals surface area contributed by atoms with Crippen LogP contribution in [0.15, 0.2) is 41.8 Å². The number of thiazole rings is 1. The number of alkyl halides is 4. The largest absolute Gasteiger partial charge is 0.341 e. The molecule has 12 heteroatoms. The molecule has 1 fully saturated rings. The first-order chi connectivity index (χ1) is 18.3. The number of piperidine rings is 1. The first-order valence-corrected chi connectivity index (χ1v) is 12.8. The van der Waals surface area contributed by atoms with Crippen LogP contribution in [-0.4, -0.2) is 38.7 Å². The quantitative estimate of drug-likeness (QED) is 0.326. The van der Waals surface area contributed by atoms with Crippen LogP contribution in [0, 0.1) is 12.3 Å². The fourth-order valence-electron chi connectivity index (χ4n) is 4.58. The molecule has 4 heterocycles. The number of hydrogen-bond acceptors (Lipinski definition) is 6. The molecule has 0 saturated carbocycles. The van der Waals surface area contributed by atoms with Crippen LogP contribution >= 0.6 is 11.3 Å². The molecule has 7 nitrogen and oxygen atoms in total. The number of halogens is 4. The molecule has 1 aromatic carbocycles. The van der Waals surface area contributed by atoms with E-state index < -0.39 is 36.7 Å². The third kappa shape index (κ3) is 5.30. The van der Waals surface area contributed by atoms with Crippen molar-refractivity contribution in [3.05, 3.63) is 75.0 Å². The van der Waals surface area contributed by atoms with Crippen molar-refractivity contribution in [2.75, 3.05) is 13.1 Å². The van der Waals surface area contributed by atoms with Crippen molar-refractivity contribution in [2.24, 2.45) is 0 Å². The van der Waals surface area contributed by atoms with Crippen molar-refractivity contribution in [2.45, 2.75) is 44.3 Å². The number of carbonyl (C=O) groups excluding carboxylic acids is 1. The summed E-state index contributed by atoms with van der Waals surface area (Å²) in [6.45, 7) is 0.295. The van der Waals surface area contributed by atoms with Crippen LogP contribution < -0.4 is 5.48 Å². The molecule has 1 amide bonds. The first kappa shape index (κ1) is 25.9. The summed E-state index contributed by atoms with van der Waals surface area (Å²) < 4.78 is 52.9. The zero-order valence-electron chi connectivity index (χ0n) is 20.0. The van der Waals surface area contributed by atoms with E-state index in [0.717, 1.165) is 27.5 Å². The van der Waals surface area contributed by atoms with Gasteiger partial charge in [-0.3, -0.25) is 19.8 Å². The molecule has 198 valence electrons. The zero-order valence-corrected chi connectivity index (χ0v) is 20.8. The van der Waals surface area contributed by atoms with Crippen LogP contribution in [0.3, 0.4) is 0 Å². The van der Waals surface area contributed by atoms with Gasteiger partial charge >= 0.3 is 0 Å². The van der Waals surface area contributed by atoms with Crippen LogP contribution in [0.25, 0.3) is 5.70 Å². The van der Waals surface area contributed by atoms with E-state index in [0.29, 0.717) is 36.7 Å². The summed E-state index contributed by atoms with van der Waals surface area (Å²) in [4.78, 5) is 24.7. The highest BCUT2D eigenvalue weighted by Crippen LogP contribution is 2.35. The minimum atomic E-state index is -3.01. The van der Waals surface area contributed by atoms with E-state index >= 15 is 0 Å². The molecule has 1 atom stereocenters. The average molecular weight is 546 g/mol. The summed E-state index contributed by atoms with van der Waals surface area (Å²) in [7, 11) is 0. The van der Waals surface area contributed by atoms with Crippen molar-refractivity contribution >= 4 is 22.9 Å². The predicted octanol–water partition coefficient (Wildman–Crippen LogP) is 5.22. The Morgan fingerprint density at radius 3 is 2.68 bits per heavy atom. The van der Waals surface area contributed by atoms with E-state index in [4.69, 9.17) is 16.2 Å². The van der Waals surface area contributed by atoms with Crippen LogP contribution in [0.2, 0.25) is 0 Å². The maximum Gasteiger partial charge on any atom is 0.282 e. The SMILES string of the molecule is C#Cc1ccccc1C1C=C(c2csc(C3CCN(C(=O)Cn4nc(C(F)F)cc4C(F)F)CC3)n2)NO1. The highest BCUT2D eigenvalue weighted by Gasteiger charge is 2.29. The number of hydrogen-bond donors (Lipinski definition) is 1. The first-order valence-electron chi connectivity index (χ1n) is 11.9. The second-order valence-electron chi connectivity index (χ2n) is 8.93. The number of rotatable bonds is 7. The van der Waals surface area contributed by atoms with E-state index in [2.05, 4.69) is 16.5 Å². The van der Waals surface area contributed by atoms with E-state index in [1.165, 1.54) is 11.3 Å². The lowest BCUT2D eigenvalue weighted by Crippen LogP contribution is -2.40. The lowest BCUT2D eigenvalue weighted by molar-refractivity contribution is -0.133. The molecular weight excluding hydrogens is 522 g/mol.